The Balaban J connectivity index is 1.04. The van der Waals surface area contributed by atoms with Crippen LogP contribution in [0.3, 0.4) is 0 Å². The molecule has 2 heterocycles. The van der Waals surface area contributed by atoms with Crippen LogP contribution in [0, 0.1) is 0 Å². The quantitative estimate of drug-likeness (QED) is 0.167. The van der Waals surface area contributed by atoms with E-state index in [1.54, 1.807) is 0 Å². The monoisotopic (exact) mass is 682 g/mol. The molecule has 252 valence electrons. The van der Waals surface area contributed by atoms with E-state index >= 15 is 0 Å². The van der Waals surface area contributed by atoms with Crippen molar-refractivity contribution < 1.29 is 8.83 Å². The number of fused-ring (bicyclic) bond motifs is 6. The highest BCUT2D eigenvalue weighted by Gasteiger charge is 2.19. The van der Waals surface area contributed by atoms with E-state index in [0.717, 1.165) is 94.6 Å². The summed E-state index contributed by atoms with van der Waals surface area (Å²) in [5.74, 6) is 0. The number of hydrogen-bond donors (Lipinski definition) is 0. The highest BCUT2D eigenvalue weighted by Crippen LogP contribution is 2.43. The number of furan rings is 2. The van der Waals surface area contributed by atoms with Gasteiger partial charge in [0.2, 0.25) is 0 Å². The van der Waals surface area contributed by atoms with Gasteiger partial charge in [-0.3, -0.25) is 0 Å². The standard InChI is InChI=1S/C49H34N2O2/c1-50(45-20-12-19-42-40-18-9-11-22-47(40)53-49(42)45)44-30-25-35(31-43(44)34-13-4-2-5-14-34)33-23-26-37(27-24-33)51(36-15-6-3-7-16-36)38-28-29-41-39-17-8-10-21-46(39)52-48(41)32-38/h2-32H,1H3. The fraction of sp³-hybridized carbons (Fsp3) is 0.0204. The average Bonchev–Trinajstić information content (AvgIpc) is 3.80. The van der Waals surface area contributed by atoms with Crippen molar-refractivity contribution in [2.75, 3.05) is 16.8 Å². The Morgan fingerprint density at radius 2 is 0.943 bits per heavy atom. The molecule has 0 saturated heterocycles. The molecule has 4 heteroatoms. The zero-order valence-corrected chi connectivity index (χ0v) is 29.1. The van der Waals surface area contributed by atoms with E-state index in [4.69, 9.17) is 8.83 Å². The maximum atomic E-state index is 6.44. The SMILES string of the molecule is CN(c1ccc(-c2ccc(N(c3ccccc3)c3ccc4c(c3)oc3ccccc34)cc2)cc1-c1ccccc1)c1cccc2c1oc1ccccc12. The van der Waals surface area contributed by atoms with E-state index in [-0.39, 0.29) is 0 Å². The Morgan fingerprint density at radius 1 is 0.358 bits per heavy atom. The summed E-state index contributed by atoms with van der Waals surface area (Å²) < 4.78 is 12.7. The molecule has 0 fully saturated rings. The van der Waals surface area contributed by atoms with Gasteiger partial charge in [-0.05, 0) is 83.4 Å². The highest BCUT2D eigenvalue weighted by atomic mass is 16.3. The van der Waals surface area contributed by atoms with E-state index < -0.39 is 0 Å². The maximum absolute atomic E-state index is 6.44. The molecule has 0 radical (unpaired) electrons. The first kappa shape index (κ1) is 30.8. The Hall–Kier alpha value is -7.04. The van der Waals surface area contributed by atoms with Crippen molar-refractivity contribution in [1.29, 1.82) is 0 Å². The molecule has 10 aromatic rings. The second-order valence-corrected chi connectivity index (χ2v) is 13.4. The molecule has 0 amide bonds. The first-order chi connectivity index (χ1) is 26.2. The van der Waals surface area contributed by atoms with Crippen LogP contribution in [0.1, 0.15) is 0 Å². The van der Waals surface area contributed by atoms with E-state index in [1.807, 2.05) is 24.3 Å². The van der Waals surface area contributed by atoms with Crippen LogP contribution in [0.5, 0.6) is 0 Å². The van der Waals surface area contributed by atoms with Crippen LogP contribution >= 0.6 is 0 Å². The van der Waals surface area contributed by atoms with E-state index in [9.17, 15) is 0 Å². The zero-order valence-electron chi connectivity index (χ0n) is 29.1. The van der Waals surface area contributed by atoms with Gasteiger partial charge in [0.15, 0.2) is 5.58 Å². The van der Waals surface area contributed by atoms with Crippen LogP contribution in [-0.4, -0.2) is 7.05 Å². The minimum atomic E-state index is 0.872. The molecule has 0 saturated carbocycles. The summed E-state index contributed by atoms with van der Waals surface area (Å²) in [4.78, 5) is 4.53. The number of nitrogens with zero attached hydrogens (tertiary/aromatic N) is 2. The van der Waals surface area contributed by atoms with Crippen molar-refractivity contribution in [3.63, 3.8) is 0 Å². The number of anilines is 5. The first-order valence-corrected chi connectivity index (χ1v) is 17.9. The first-order valence-electron chi connectivity index (χ1n) is 17.9. The Bertz CT molecular complexity index is 2910. The molecule has 0 aliphatic rings. The summed E-state index contributed by atoms with van der Waals surface area (Å²) in [6, 6.07) is 66.0. The largest absolute Gasteiger partial charge is 0.456 e. The number of para-hydroxylation sites is 4. The van der Waals surface area contributed by atoms with E-state index in [0.29, 0.717) is 0 Å². The molecule has 8 aromatic carbocycles. The minimum Gasteiger partial charge on any atom is -0.456 e. The molecule has 0 unspecified atom stereocenters. The van der Waals surface area contributed by atoms with Crippen LogP contribution in [0.4, 0.5) is 28.4 Å². The number of hydrogen-bond acceptors (Lipinski definition) is 4. The third kappa shape index (κ3) is 5.31. The van der Waals surface area contributed by atoms with Crippen molar-refractivity contribution in [1.82, 2.24) is 0 Å². The topological polar surface area (TPSA) is 32.8 Å². The molecule has 0 spiro atoms. The molecular weight excluding hydrogens is 649 g/mol. The van der Waals surface area contributed by atoms with Gasteiger partial charge in [-0.2, -0.15) is 0 Å². The molecule has 0 bridgehead atoms. The van der Waals surface area contributed by atoms with Crippen molar-refractivity contribution >= 4 is 72.3 Å². The summed E-state index contributed by atoms with van der Waals surface area (Å²) in [5.41, 5.74) is 13.4. The van der Waals surface area contributed by atoms with E-state index in [1.165, 1.54) is 0 Å². The summed E-state index contributed by atoms with van der Waals surface area (Å²) >= 11 is 0. The van der Waals surface area contributed by atoms with Gasteiger partial charge in [0.25, 0.3) is 0 Å². The molecule has 53 heavy (non-hydrogen) atoms. The molecule has 2 aromatic heterocycles. The fourth-order valence-corrected chi connectivity index (χ4v) is 7.66. The lowest BCUT2D eigenvalue weighted by atomic mass is 9.96. The summed E-state index contributed by atoms with van der Waals surface area (Å²) in [6.45, 7) is 0. The summed E-state index contributed by atoms with van der Waals surface area (Å²) in [5, 5.41) is 4.49. The van der Waals surface area contributed by atoms with E-state index in [2.05, 4.69) is 181 Å². The average molecular weight is 683 g/mol. The van der Waals surface area contributed by atoms with Crippen molar-refractivity contribution in [2.24, 2.45) is 0 Å². The van der Waals surface area contributed by atoms with Crippen molar-refractivity contribution in [2.45, 2.75) is 0 Å². The van der Waals surface area contributed by atoms with Crippen LogP contribution < -0.4 is 9.80 Å². The third-order valence-electron chi connectivity index (χ3n) is 10.3. The normalized spacial score (nSPS) is 11.5. The Labute approximate surface area is 307 Å². The minimum absolute atomic E-state index is 0.872. The summed E-state index contributed by atoms with van der Waals surface area (Å²) in [6.07, 6.45) is 0. The van der Waals surface area contributed by atoms with Crippen molar-refractivity contribution in [3.05, 3.63) is 188 Å². The van der Waals surface area contributed by atoms with Gasteiger partial charge in [-0.25, -0.2) is 0 Å². The van der Waals surface area contributed by atoms with Gasteiger partial charge < -0.3 is 18.6 Å². The van der Waals surface area contributed by atoms with Crippen LogP contribution in [-0.2, 0) is 0 Å². The third-order valence-corrected chi connectivity index (χ3v) is 10.3. The van der Waals surface area contributed by atoms with Gasteiger partial charge in [0, 0.05) is 63.0 Å². The van der Waals surface area contributed by atoms with Gasteiger partial charge in [0.1, 0.15) is 16.7 Å². The molecule has 0 aliphatic carbocycles. The molecule has 0 atom stereocenters. The predicted molar refractivity (Wildman–Crippen MR) is 221 cm³/mol. The molecule has 10 rings (SSSR count). The van der Waals surface area contributed by atoms with Crippen molar-refractivity contribution in [3.8, 4) is 22.3 Å². The molecule has 0 aliphatic heterocycles. The maximum Gasteiger partial charge on any atom is 0.159 e. The fourth-order valence-electron chi connectivity index (χ4n) is 7.66. The van der Waals surface area contributed by atoms with Crippen LogP contribution in [0.25, 0.3) is 66.1 Å². The lowest BCUT2D eigenvalue weighted by Crippen LogP contribution is -2.11. The second kappa shape index (κ2) is 12.6. The summed E-state index contributed by atoms with van der Waals surface area (Å²) in [7, 11) is 2.12. The smallest absolute Gasteiger partial charge is 0.159 e. The Morgan fingerprint density at radius 3 is 1.72 bits per heavy atom. The molecule has 4 nitrogen and oxygen atoms in total. The highest BCUT2D eigenvalue weighted by molar-refractivity contribution is 6.10. The zero-order chi connectivity index (χ0) is 35.3. The van der Waals surface area contributed by atoms with Gasteiger partial charge in [-0.15, -0.1) is 0 Å². The van der Waals surface area contributed by atoms with Crippen LogP contribution in [0.2, 0.25) is 0 Å². The lowest BCUT2D eigenvalue weighted by molar-refractivity contribution is 0.668. The number of rotatable bonds is 7. The second-order valence-electron chi connectivity index (χ2n) is 13.4. The molecular formula is C49H34N2O2. The van der Waals surface area contributed by atoms with Gasteiger partial charge in [-0.1, -0.05) is 115 Å². The van der Waals surface area contributed by atoms with Gasteiger partial charge in [0.05, 0.1) is 5.69 Å². The van der Waals surface area contributed by atoms with Gasteiger partial charge >= 0.3 is 0 Å². The predicted octanol–water partition coefficient (Wildman–Crippen LogP) is 14.1. The lowest BCUT2D eigenvalue weighted by Gasteiger charge is -2.26. The Kier molecular flexibility index (Phi) is 7.33. The molecule has 0 N–H and O–H groups in total. The number of benzene rings is 8. The van der Waals surface area contributed by atoms with Crippen LogP contribution in [0.15, 0.2) is 197 Å².